The summed E-state index contributed by atoms with van der Waals surface area (Å²) in [4.78, 5) is 15.2. The van der Waals surface area contributed by atoms with Crippen molar-refractivity contribution in [2.24, 2.45) is 0 Å². The van der Waals surface area contributed by atoms with Gasteiger partial charge >= 0.3 is 0 Å². The molecule has 0 radical (unpaired) electrons. The van der Waals surface area contributed by atoms with E-state index >= 15 is 0 Å². The van der Waals surface area contributed by atoms with Gasteiger partial charge in [-0.1, -0.05) is 12.1 Å². The Labute approximate surface area is 182 Å². The van der Waals surface area contributed by atoms with Crippen LogP contribution in [-0.4, -0.2) is 60.5 Å². The van der Waals surface area contributed by atoms with Crippen molar-refractivity contribution < 1.29 is 14.3 Å². The summed E-state index contributed by atoms with van der Waals surface area (Å²) >= 11 is 0. The van der Waals surface area contributed by atoms with Crippen LogP contribution in [0.15, 0.2) is 60.8 Å². The average molecular weight is 421 g/mol. The van der Waals surface area contributed by atoms with E-state index in [1.807, 2.05) is 54.1 Å². The lowest BCUT2D eigenvalue weighted by Gasteiger charge is -2.35. The van der Waals surface area contributed by atoms with Crippen molar-refractivity contribution in [1.82, 2.24) is 20.0 Å². The molecular formula is C24H28N4O3. The SMILES string of the molecule is COc1ccc([C@@H](CNC(=O)c2ccc(-n3nccc3C)cc2)N2CCOCC2)cc1. The van der Waals surface area contributed by atoms with Crippen LogP contribution in [0.25, 0.3) is 5.69 Å². The number of nitrogens with one attached hydrogen (secondary N) is 1. The molecule has 3 aromatic rings. The van der Waals surface area contributed by atoms with Gasteiger partial charge in [0.05, 0.1) is 32.1 Å². The Morgan fingerprint density at radius 2 is 1.81 bits per heavy atom. The molecule has 1 atom stereocenters. The molecule has 1 aliphatic heterocycles. The van der Waals surface area contributed by atoms with Gasteiger partial charge in [-0.2, -0.15) is 5.10 Å². The molecule has 0 aliphatic carbocycles. The molecule has 1 aliphatic rings. The second-order valence-corrected chi connectivity index (χ2v) is 7.58. The fourth-order valence-electron chi connectivity index (χ4n) is 3.86. The highest BCUT2D eigenvalue weighted by molar-refractivity contribution is 5.94. The topological polar surface area (TPSA) is 68.6 Å². The fraction of sp³-hybridized carbons (Fsp3) is 0.333. The molecule has 0 spiro atoms. The van der Waals surface area contributed by atoms with Crippen LogP contribution in [0, 0.1) is 6.92 Å². The molecule has 1 N–H and O–H groups in total. The highest BCUT2D eigenvalue weighted by Gasteiger charge is 2.23. The number of amides is 1. The summed E-state index contributed by atoms with van der Waals surface area (Å²) in [5.41, 5.74) is 3.75. The van der Waals surface area contributed by atoms with Gasteiger partial charge in [-0.25, -0.2) is 4.68 Å². The molecule has 2 heterocycles. The molecule has 7 heteroatoms. The van der Waals surface area contributed by atoms with E-state index in [4.69, 9.17) is 9.47 Å². The largest absolute Gasteiger partial charge is 0.497 e. The Hall–Kier alpha value is -3.16. The van der Waals surface area contributed by atoms with Crippen molar-refractivity contribution in [1.29, 1.82) is 0 Å². The maximum absolute atomic E-state index is 12.8. The first kappa shape index (κ1) is 21.1. The van der Waals surface area contributed by atoms with Crippen molar-refractivity contribution in [3.63, 3.8) is 0 Å². The predicted molar refractivity (Wildman–Crippen MR) is 119 cm³/mol. The number of aromatic nitrogens is 2. The second kappa shape index (κ2) is 9.76. The number of rotatable bonds is 7. The van der Waals surface area contributed by atoms with Crippen LogP contribution in [0.4, 0.5) is 0 Å². The lowest BCUT2D eigenvalue weighted by molar-refractivity contribution is 0.0162. The fourth-order valence-corrected chi connectivity index (χ4v) is 3.86. The minimum atomic E-state index is -0.0875. The van der Waals surface area contributed by atoms with Crippen LogP contribution in [0.5, 0.6) is 5.75 Å². The Bertz CT molecular complexity index is 992. The summed E-state index contributed by atoms with van der Waals surface area (Å²) < 4.78 is 12.6. The predicted octanol–water partition coefficient (Wildman–Crippen LogP) is 2.99. The molecule has 162 valence electrons. The molecular weight excluding hydrogens is 392 g/mol. The molecule has 1 saturated heterocycles. The second-order valence-electron chi connectivity index (χ2n) is 7.58. The van der Waals surface area contributed by atoms with Gasteiger partial charge in [0.2, 0.25) is 0 Å². The highest BCUT2D eigenvalue weighted by Crippen LogP contribution is 2.24. The summed E-state index contributed by atoms with van der Waals surface area (Å²) in [5, 5.41) is 7.42. The number of aryl methyl sites for hydroxylation is 1. The zero-order valence-electron chi connectivity index (χ0n) is 18.0. The first-order valence-electron chi connectivity index (χ1n) is 10.5. The van der Waals surface area contributed by atoms with E-state index in [0.29, 0.717) is 25.3 Å². The molecule has 1 amide bonds. The minimum Gasteiger partial charge on any atom is -0.497 e. The number of hydrogen-bond acceptors (Lipinski definition) is 5. The molecule has 0 bridgehead atoms. The van der Waals surface area contributed by atoms with E-state index in [-0.39, 0.29) is 11.9 Å². The van der Waals surface area contributed by atoms with E-state index in [2.05, 4.69) is 27.4 Å². The number of carbonyl (C=O) groups excluding carboxylic acids is 1. The van der Waals surface area contributed by atoms with Crippen molar-refractivity contribution in [2.45, 2.75) is 13.0 Å². The lowest BCUT2D eigenvalue weighted by atomic mass is 10.0. The van der Waals surface area contributed by atoms with E-state index in [1.165, 1.54) is 0 Å². The van der Waals surface area contributed by atoms with Crippen LogP contribution >= 0.6 is 0 Å². The number of methoxy groups -OCH3 is 1. The Morgan fingerprint density at radius 1 is 1.10 bits per heavy atom. The summed E-state index contributed by atoms with van der Waals surface area (Å²) in [5.74, 6) is 0.733. The number of benzene rings is 2. The van der Waals surface area contributed by atoms with Gasteiger partial charge in [-0.3, -0.25) is 9.69 Å². The number of nitrogens with zero attached hydrogens (tertiary/aromatic N) is 3. The first-order chi connectivity index (χ1) is 15.2. The summed E-state index contributed by atoms with van der Waals surface area (Å²) in [6.07, 6.45) is 1.76. The maximum Gasteiger partial charge on any atom is 0.251 e. The third-order valence-electron chi connectivity index (χ3n) is 5.65. The normalized spacial score (nSPS) is 15.4. The van der Waals surface area contributed by atoms with Gasteiger partial charge in [0, 0.05) is 37.1 Å². The first-order valence-corrected chi connectivity index (χ1v) is 10.5. The molecule has 0 saturated carbocycles. The molecule has 31 heavy (non-hydrogen) atoms. The van der Waals surface area contributed by atoms with E-state index in [1.54, 1.807) is 13.3 Å². The molecule has 4 rings (SSSR count). The van der Waals surface area contributed by atoms with Crippen LogP contribution in [0.2, 0.25) is 0 Å². The number of morpholine rings is 1. The number of carbonyl (C=O) groups is 1. The van der Waals surface area contributed by atoms with E-state index in [0.717, 1.165) is 35.8 Å². The third kappa shape index (κ3) is 4.95. The van der Waals surface area contributed by atoms with E-state index in [9.17, 15) is 4.79 Å². The Morgan fingerprint density at radius 3 is 2.42 bits per heavy atom. The quantitative estimate of drug-likeness (QED) is 0.636. The lowest BCUT2D eigenvalue weighted by Crippen LogP contribution is -2.43. The van der Waals surface area contributed by atoms with Crippen LogP contribution in [-0.2, 0) is 4.74 Å². The zero-order valence-corrected chi connectivity index (χ0v) is 18.0. The summed E-state index contributed by atoms with van der Waals surface area (Å²) in [6, 6.07) is 17.6. The zero-order chi connectivity index (χ0) is 21.6. The van der Waals surface area contributed by atoms with Gasteiger partial charge < -0.3 is 14.8 Å². The van der Waals surface area contributed by atoms with Crippen molar-refractivity contribution in [2.75, 3.05) is 40.0 Å². The summed E-state index contributed by atoms with van der Waals surface area (Å²) in [6.45, 7) is 5.60. The van der Waals surface area contributed by atoms with Crippen molar-refractivity contribution in [3.8, 4) is 11.4 Å². The smallest absolute Gasteiger partial charge is 0.251 e. The highest BCUT2D eigenvalue weighted by atomic mass is 16.5. The van der Waals surface area contributed by atoms with Gasteiger partial charge in [0.15, 0.2) is 0 Å². The van der Waals surface area contributed by atoms with Gasteiger partial charge in [-0.15, -0.1) is 0 Å². The van der Waals surface area contributed by atoms with Crippen LogP contribution < -0.4 is 10.1 Å². The molecule has 1 aromatic heterocycles. The Kier molecular flexibility index (Phi) is 6.64. The van der Waals surface area contributed by atoms with Gasteiger partial charge in [0.25, 0.3) is 5.91 Å². The number of hydrogen-bond donors (Lipinski definition) is 1. The van der Waals surface area contributed by atoms with Gasteiger partial charge in [-0.05, 0) is 55.0 Å². The average Bonchev–Trinajstić information content (AvgIpc) is 3.26. The monoisotopic (exact) mass is 420 g/mol. The summed E-state index contributed by atoms with van der Waals surface area (Å²) in [7, 11) is 1.66. The standard InChI is InChI=1S/C24H28N4O3/c1-18-11-12-26-28(18)21-7-3-20(4-8-21)24(29)25-17-23(27-13-15-31-16-14-27)19-5-9-22(30-2)10-6-19/h3-12,23H,13-17H2,1-2H3,(H,25,29)/t23-/m1/s1. The van der Waals surface area contributed by atoms with Gasteiger partial charge in [0.1, 0.15) is 5.75 Å². The van der Waals surface area contributed by atoms with Crippen molar-refractivity contribution >= 4 is 5.91 Å². The molecule has 1 fully saturated rings. The van der Waals surface area contributed by atoms with Crippen LogP contribution in [0.1, 0.15) is 27.7 Å². The molecule has 2 aromatic carbocycles. The number of ether oxygens (including phenoxy) is 2. The maximum atomic E-state index is 12.8. The third-order valence-corrected chi connectivity index (χ3v) is 5.65. The van der Waals surface area contributed by atoms with E-state index < -0.39 is 0 Å². The van der Waals surface area contributed by atoms with Crippen molar-refractivity contribution in [3.05, 3.63) is 77.6 Å². The Balaban J connectivity index is 1.45. The molecule has 0 unspecified atom stereocenters. The minimum absolute atomic E-state index is 0.0738. The van der Waals surface area contributed by atoms with Crippen LogP contribution in [0.3, 0.4) is 0 Å². The molecule has 7 nitrogen and oxygen atoms in total.